The second kappa shape index (κ2) is 11.1. The van der Waals surface area contributed by atoms with Crippen LogP contribution in [-0.4, -0.2) is 44.3 Å². The maximum atomic E-state index is 13.1. The van der Waals surface area contributed by atoms with Crippen LogP contribution in [0.1, 0.15) is 16.9 Å². The summed E-state index contributed by atoms with van der Waals surface area (Å²) in [5.41, 5.74) is 2.14. The normalized spacial score (nSPS) is 11.4. The lowest BCUT2D eigenvalue weighted by Gasteiger charge is -2.11. The summed E-state index contributed by atoms with van der Waals surface area (Å²) in [5.74, 6) is 0.335. The summed E-state index contributed by atoms with van der Waals surface area (Å²) in [6, 6.07) is 18.1. The van der Waals surface area contributed by atoms with E-state index in [2.05, 4.69) is 10.0 Å². The number of rotatable bonds is 10. The minimum absolute atomic E-state index is 0.00354. The fourth-order valence-electron chi connectivity index (χ4n) is 3.81. The van der Waals surface area contributed by atoms with Crippen molar-refractivity contribution in [1.29, 1.82) is 0 Å². The molecule has 37 heavy (non-hydrogen) atoms. The molecule has 9 nitrogen and oxygen atoms in total. The zero-order valence-electron chi connectivity index (χ0n) is 20.2. The minimum Gasteiger partial charge on any atom is -0.497 e. The Morgan fingerprint density at radius 3 is 2.51 bits per heavy atom. The molecule has 0 unspecified atom stereocenters. The lowest BCUT2D eigenvalue weighted by Crippen LogP contribution is -2.31. The molecule has 1 aromatic heterocycles. The van der Waals surface area contributed by atoms with Crippen LogP contribution in [0.15, 0.2) is 71.6 Å². The standard InChI is InChI=1S/C26H26ClN3O6S/c1-30-24(26(32)29-37(33,34)20-9-7-18(8-10-20)36-14-4-13-31)16-21-23(12-11-22(27)25(21)30)28-17-5-3-6-19(15-17)35-2/h3,5-12,15-16,28,31H,4,13-14H2,1-2H3,(H,29,32). The highest BCUT2D eigenvalue weighted by Crippen LogP contribution is 2.34. The van der Waals surface area contributed by atoms with Gasteiger partial charge in [0.1, 0.15) is 17.2 Å². The van der Waals surface area contributed by atoms with Crippen molar-refractivity contribution in [3.8, 4) is 11.5 Å². The average molecular weight is 544 g/mol. The van der Waals surface area contributed by atoms with E-state index in [1.807, 2.05) is 24.3 Å². The quantitative estimate of drug-likeness (QED) is 0.253. The lowest BCUT2D eigenvalue weighted by atomic mass is 10.2. The maximum Gasteiger partial charge on any atom is 0.281 e. The summed E-state index contributed by atoms with van der Waals surface area (Å²) in [5, 5.41) is 13.2. The molecule has 194 valence electrons. The molecule has 0 atom stereocenters. The molecule has 3 aromatic carbocycles. The van der Waals surface area contributed by atoms with Crippen LogP contribution < -0.4 is 19.5 Å². The highest BCUT2D eigenvalue weighted by Gasteiger charge is 2.23. The monoisotopic (exact) mass is 543 g/mol. The first-order chi connectivity index (χ1) is 17.7. The molecule has 11 heteroatoms. The largest absolute Gasteiger partial charge is 0.497 e. The van der Waals surface area contributed by atoms with Crippen LogP contribution in [0.2, 0.25) is 5.02 Å². The molecule has 1 heterocycles. The number of methoxy groups -OCH3 is 1. The molecule has 0 saturated carbocycles. The van der Waals surface area contributed by atoms with Crippen molar-refractivity contribution in [2.24, 2.45) is 7.05 Å². The molecule has 4 rings (SSSR count). The number of aliphatic hydroxyl groups is 1. The first-order valence-corrected chi connectivity index (χ1v) is 13.2. The van der Waals surface area contributed by atoms with Gasteiger partial charge in [0.05, 0.1) is 29.2 Å². The van der Waals surface area contributed by atoms with Crippen LogP contribution in [0.3, 0.4) is 0 Å². The number of hydrogen-bond acceptors (Lipinski definition) is 7. The summed E-state index contributed by atoms with van der Waals surface area (Å²) in [4.78, 5) is 13.0. The van der Waals surface area contributed by atoms with E-state index in [4.69, 9.17) is 26.2 Å². The molecule has 1 amide bonds. The fourth-order valence-corrected chi connectivity index (χ4v) is 5.06. The van der Waals surface area contributed by atoms with Gasteiger partial charge in [0.25, 0.3) is 15.9 Å². The number of hydrogen-bond donors (Lipinski definition) is 3. The van der Waals surface area contributed by atoms with Crippen molar-refractivity contribution in [3.05, 3.63) is 77.4 Å². The SMILES string of the molecule is COc1cccc(Nc2ccc(Cl)c3c2cc(C(=O)NS(=O)(=O)c2ccc(OCCCO)cc2)n3C)c1. The zero-order valence-corrected chi connectivity index (χ0v) is 21.8. The van der Waals surface area contributed by atoms with Gasteiger partial charge in [0, 0.05) is 42.9 Å². The van der Waals surface area contributed by atoms with E-state index >= 15 is 0 Å². The number of ether oxygens (including phenoxy) is 2. The van der Waals surface area contributed by atoms with Crippen molar-refractivity contribution in [2.75, 3.05) is 25.6 Å². The number of carbonyl (C=O) groups excluding carboxylic acids is 1. The molecular weight excluding hydrogens is 518 g/mol. The Hall–Kier alpha value is -3.73. The topological polar surface area (TPSA) is 119 Å². The van der Waals surface area contributed by atoms with Gasteiger partial charge in [-0.15, -0.1) is 0 Å². The molecule has 0 bridgehead atoms. The number of fused-ring (bicyclic) bond motifs is 1. The predicted molar refractivity (Wildman–Crippen MR) is 142 cm³/mol. The molecule has 0 aliphatic heterocycles. The summed E-state index contributed by atoms with van der Waals surface area (Å²) < 4.78 is 40.1. The molecule has 0 spiro atoms. The highest BCUT2D eigenvalue weighted by molar-refractivity contribution is 7.90. The number of nitrogens with one attached hydrogen (secondary N) is 2. The number of amides is 1. The van der Waals surface area contributed by atoms with Crippen molar-refractivity contribution in [2.45, 2.75) is 11.3 Å². The Kier molecular flexibility index (Phi) is 7.91. The molecule has 4 aromatic rings. The minimum atomic E-state index is -4.15. The van der Waals surface area contributed by atoms with Crippen molar-refractivity contribution < 1.29 is 27.8 Å². The number of nitrogens with zero attached hydrogens (tertiary/aromatic N) is 1. The molecule has 0 fully saturated rings. The van der Waals surface area contributed by atoms with E-state index in [1.165, 1.54) is 24.3 Å². The molecule has 0 radical (unpaired) electrons. The Bertz CT molecular complexity index is 1530. The number of aliphatic hydroxyl groups excluding tert-OH is 1. The van der Waals surface area contributed by atoms with Crippen molar-refractivity contribution in [3.63, 3.8) is 0 Å². The van der Waals surface area contributed by atoms with E-state index < -0.39 is 15.9 Å². The van der Waals surface area contributed by atoms with E-state index in [-0.39, 0.29) is 17.2 Å². The number of carbonyl (C=O) groups is 1. The molecule has 3 N–H and O–H groups in total. The summed E-state index contributed by atoms with van der Waals surface area (Å²) in [7, 11) is -0.928. The van der Waals surface area contributed by atoms with Gasteiger partial charge in [-0.3, -0.25) is 4.79 Å². The Labute approximate surface area is 219 Å². The van der Waals surface area contributed by atoms with Crippen LogP contribution in [0, 0.1) is 0 Å². The second-order valence-corrected chi connectivity index (χ2v) is 10.2. The van der Waals surface area contributed by atoms with Gasteiger partial charge in [-0.2, -0.15) is 0 Å². The molecule has 0 saturated heterocycles. The van der Waals surface area contributed by atoms with Gasteiger partial charge in [0.15, 0.2) is 0 Å². The van der Waals surface area contributed by atoms with Gasteiger partial charge >= 0.3 is 0 Å². The summed E-state index contributed by atoms with van der Waals surface area (Å²) >= 11 is 6.45. The van der Waals surface area contributed by atoms with Crippen molar-refractivity contribution >= 4 is 49.8 Å². The number of halogens is 1. The third-order valence-corrected chi connectivity index (χ3v) is 7.31. The smallest absolute Gasteiger partial charge is 0.281 e. The third-order valence-electron chi connectivity index (χ3n) is 5.66. The van der Waals surface area contributed by atoms with Gasteiger partial charge in [-0.05, 0) is 54.6 Å². The number of sulfonamides is 1. The third kappa shape index (κ3) is 5.82. The maximum absolute atomic E-state index is 13.1. The summed E-state index contributed by atoms with van der Waals surface area (Å²) in [6.07, 6.45) is 0.460. The number of aryl methyl sites for hydroxylation is 1. The van der Waals surface area contributed by atoms with E-state index in [9.17, 15) is 13.2 Å². The van der Waals surface area contributed by atoms with Gasteiger partial charge in [-0.1, -0.05) is 17.7 Å². The first-order valence-electron chi connectivity index (χ1n) is 11.3. The molecule has 0 aliphatic carbocycles. The average Bonchev–Trinajstić information content (AvgIpc) is 3.24. The van der Waals surface area contributed by atoms with Crippen molar-refractivity contribution in [1.82, 2.24) is 9.29 Å². The van der Waals surface area contributed by atoms with Gasteiger partial charge in [0.2, 0.25) is 0 Å². The van der Waals surface area contributed by atoms with E-state index in [0.29, 0.717) is 46.1 Å². The van der Waals surface area contributed by atoms with Crippen LogP contribution >= 0.6 is 11.6 Å². The predicted octanol–water partition coefficient (Wildman–Crippen LogP) is 4.46. The van der Waals surface area contributed by atoms with E-state index in [1.54, 1.807) is 36.9 Å². The van der Waals surface area contributed by atoms with Crippen LogP contribution in [0.5, 0.6) is 11.5 Å². The zero-order chi connectivity index (χ0) is 26.6. The lowest BCUT2D eigenvalue weighted by molar-refractivity contribution is 0.0974. The Balaban J connectivity index is 1.60. The molecule has 0 aliphatic rings. The fraction of sp³-hybridized carbons (Fsp3) is 0.192. The summed E-state index contributed by atoms with van der Waals surface area (Å²) in [6.45, 7) is 0.300. The Morgan fingerprint density at radius 2 is 1.81 bits per heavy atom. The van der Waals surface area contributed by atoms with Crippen LogP contribution in [0.25, 0.3) is 10.9 Å². The second-order valence-electron chi connectivity index (χ2n) is 8.13. The van der Waals surface area contributed by atoms with E-state index in [0.717, 1.165) is 5.69 Å². The Morgan fingerprint density at radius 1 is 1.05 bits per heavy atom. The van der Waals surface area contributed by atoms with Crippen LogP contribution in [0.4, 0.5) is 11.4 Å². The van der Waals surface area contributed by atoms with Gasteiger partial charge in [-0.25, -0.2) is 13.1 Å². The number of aromatic nitrogens is 1. The highest BCUT2D eigenvalue weighted by atomic mass is 35.5. The molecular formula is C26H26ClN3O6S. The number of anilines is 2. The van der Waals surface area contributed by atoms with Gasteiger partial charge < -0.3 is 24.5 Å². The first kappa shape index (κ1) is 26.3. The van der Waals surface area contributed by atoms with Crippen LogP contribution in [-0.2, 0) is 17.1 Å². The number of benzene rings is 3.